The van der Waals surface area contributed by atoms with Crippen molar-refractivity contribution in [1.82, 2.24) is 14.3 Å². The normalized spacial score (nSPS) is 11.5. The molecule has 3 rings (SSSR count). The summed E-state index contributed by atoms with van der Waals surface area (Å²) in [5.74, 6) is -0.603. The molecule has 0 saturated carbocycles. The summed E-state index contributed by atoms with van der Waals surface area (Å²) in [6.45, 7) is 0.608. The molecule has 0 atom stereocenters. The Morgan fingerprint density at radius 1 is 1.00 bits per heavy atom. The first-order chi connectivity index (χ1) is 10.0. The Morgan fingerprint density at radius 2 is 1.67 bits per heavy atom. The molecule has 1 aromatic carbocycles. The van der Waals surface area contributed by atoms with Crippen LogP contribution in [-0.4, -0.2) is 28.4 Å². The number of imidazole rings is 1. The van der Waals surface area contributed by atoms with Gasteiger partial charge in [0.05, 0.1) is 11.4 Å². The molecule has 3 nitrogen and oxygen atoms in total. The van der Waals surface area contributed by atoms with E-state index in [4.69, 9.17) is 0 Å². The highest BCUT2D eigenvalue weighted by Crippen LogP contribution is 2.25. The molecule has 0 amide bonds. The van der Waals surface area contributed by atoms with Crippen molar-refractivity contribution < 1.29 is 8.78 Å². The van der Waals surface area contributed by atoms with E-state index >= 15 is 0 Å². The van der Waals surface area contributed by atoms with E-state index in [1.807, 2.05) is 19.0 Å². The van der Waals surface area contributed by atoms with Gasteiger partial charge in [-0.3, -0.25) is 4.40 Å². The zero-order valence-corrected chi connectivity index (χ0v) is 11.8. The Hall–Kier alpha value is -2.27. The van der Waals surface area contributed by atoms with Gasteiger partial charge in [-0.25, -0.2) is 13.8 Å². The van der Waals surface area contributed by atoms with Crippen LogP contribution in [0.1, 0.15) is 5.69 Å². The molecule has 0 saturated heterocycles. The summed E-state index contributed by atoms with van der Waals surface area (Å²) in [4.78, 5) is 6.54. The Morgan fingerprint density at radius 3 is 2.33 bits per heavy atom. The number of hydrogen-bond donors (Lipinski definition) is 0. The summed E-state index contributed by atoms with van der Waals surface area (Å²) in [6.07, 6.45) is 1.42. The number of aromatic nitrogens is 2. The molecule has 0 aliphatic carbocycles. The predicted molar refractivity (Wildman–Crippen MR) is 77.9 cm³/mol. The molecule has 2 aromatic heterocycles. The van der Waals surface area contributed by atoms with Gasteiger partial charge in [0.2, 0.25) is 0 Å². The highest BCUT2D eigenvalue weighted by molar-refractivity contribution is 5.66. The smallest absolute Gasteiger partial charge is 0.139 e. The lowest BCUT2D eigenvalue weighted by molar-refractivity contribution is 0.396. The van der Waals surface area contributed by atoms with Gasteiger partial charge in [0.15, 0.2) is 0 Å². The quantitative estimate of drug-likeness (QED) is 0.736. The van der Waals surface area contributed by atoms with Gasteiger partial charge in [-0.1, -0.05) is 0 Å². The predicted octanol–water partition coefficient (Wildman–Crippen LogP) is 3.34. The minimum Gasteiger partial charge on any atom is -0.304 e. The van der Waals surface area contributed by atoms with Crippen LogP contribution in [0.2, 0.25) is 0 Å². The van der Waals surface area contributed by atoms with E-state index in [2.05, 4.69) is 4.98 Å². The molecule has 0 N–H and O–H groups in total. The van der Waals surface area contributed by atoms with Gasteiger partial charge in [0, 0.05) is 18.3 Å². The molecule has 5 heteroatoms. The van der Waals surface area contributed by atoms with Gasteiger partial charge < -0.3 is 4.90 Å². The largest absolute Gasteiger partial charge is 0.304 e. The van der Waals surface area contributed by atoms with Crippen molar-refractivity contribution >= 4 is 5.65 Å². The molecule has 0 aliphatic heterocycles. The van der Waals surface area contributed by atoms with Crippen LogP contribution >= 0.6 is 0 Å². The molecule has 0 radical (unpaired) electrons. The summed E-state index contributed by atoms with van der Waals surface area (Å²) < 4.78 is 28.3. The lowest BCUT2D eigenvalue weighted by atomic mass is 10.1. The first-order valence-electron chi connectivity index (χ1n) is 6.62. The minimum absolute atomic E-state index is 0.289. The topological polar surface area (TPSA) is 20.5 Å². The average molecular weight is 287 g/mol. The fraction of sp³-hybridized carbons (Fsp3) is 0.188. The molecule has 0 aliphatic rings. The second-order valence-corrected chi connectivity index (χ2v) is 5.23. The van der Waals surface area contributed by atoms with E-state index < -0.39 is 0 Å². The Balaban J connectivity index is 2.22. The number of halogens is 2. The van der Waals surface area contributed by atoms with Gasteiger partial charge in [0.25, 0.3) is 0 Å². The van der Waals surface area contributed by atoms with E-state index in [1.54, 1.807) is 22.6 Å². The molecule has 108 valence electrons. The summed E-state index contributed by atoms with van der Waals surface area (Å²) in [7, 11) is 3.88. The van der Waals surface area contributed by atoms with Gasteiger partial charge in [-0.05, 0) is 50.5 Å². The van der Waals surface area contributed by atoms with E-state index in [0.29, 0.717) is 12.2 Å². The van der Waals surface area contributed by atoms with Gasteiger partial charge >= 0.3 is 0 Å². The van der Waals surface area contributed by atoms with Gasteiger partial charge in [0.1, 0.15) is 17.3 Å². The zero-order valence-electron chi connectivity index (χ0n) is 11.8. The van der Waals surface area contributed by atoms with Crippen molar-refractivity contribution in [2.45, 2.75) is 6.54 Å². The second-order valence-electron chi connectivity index (χ2n) is 5.23. The van der Waals surface area contributed by atoms with Crippen molar-refractivity contribution in [2.75, 3.05) is 14.1 Å². The van der Waals surface area contributed by atoms with Crippen molar-refractivity contribution in [3.8, 4) is 11.3 Å². The van der Waals surface area contributed by atoms with E-state index in [0.717, 1.165) is 17.0 Å². The van der Waals surface area contributed by atoms with Crippen LogP contribution in [-0.2, 0) is 6.54 Å². The third-order valence-corrected chi connectivity index (χ3v) is 3.27. The van der Waals surface area contributed by atoms with Crippen molar-refractivity contribution in [3.63, 3.8) is 0 Å². The third-order valence-electron chi connectivity index (χ3n) is 3.27. The fourth-order valence-corrected chi connectivity index (χ4v) is 2.36. The highest BCUT2D eigenvalue weighted by atomic mass is 19.1. The maximum atomic E-state index is 13.5. The first kappa shape index (κ1) is 13.7. The third kappa shape index (κ3) is 2.64. The molecule has 3 aromatic rings. The Kier molecular flexibility index (Phi) is 3.43. The fourth-order valence-electron chi connectivity index (χ4n) is 2.36. The molecule has 0 fully saturated rings. The molecule has 0 bridgehead atoms. The molecule has 2 heterocycles. The van der Waals surface area contributed by atoms with Gasteiger partial charge in [-0.2, -0.15) is 0 Å². The monoisotopic (exact) mass is 287 g/mol. The number of rotatable bonds is 3. The summed E-state index contributed by atoms with van der Waals surface area (Å²) >= 11 is 0. The number of nitrogens with zero attached hydrogens (tertiary/aromatic N) is 3. The Bertz CT molecular complexity index is 776. The summed E-state index contributed by atoms with van der Waals surface area (Å²) in [6, 6.07) is 9.20. The number of benzene rings is 1. The van der Waals surface area contributed by atoms with E-state index in [9.17, 15) is 8.78 Å². The molecular weight excluding hydrogens is 272 g/mol. The SMILES string of the molecule is CN(C)Cc1c(-c2ccc(F)cc2)nc2ccc(F)cn12. The lowest BCUT2D eigenvalue weighted by Crippen LogP contribution is -2.13. The highest BCUT2D eigenvalue weighted by Gasteiger charge is 2.15. The second kappa shape index (κ2) is 5.26. The average Bonchev–Trinajstić information content (AvgIpc) is 2.77. The molecule has 21 heavy (non-hydrogen) atoms. The van der Waals surface area contributed by atoms with Crippen molar-refractivity contribution in [3.05, 3.63) is 59.9 Å². The summed E-state index contributed by atoms with van der Waals surface area (Å²) in [5, 5.41) is 0. The first-order valence-corrected chi connectivity index (χ1v) is 6.62. The molecule has 0 unspecified atom stereocenters. The lowest BCUT2D eigenvalue weighted by Gasteiger charge is -2.11. The van der Waals surface area contributed by atoms with Crippen LogP contribution in [0.15, 0.2) is 42.6 Å². The van der Waals surface area contributed by atoms with E-state index in [1.165, 1.54) is 24.4 Å². The number of fused-ring (bicyclic) bond motifs is 1. The van der Waals surface area contributed by atoms with Crippen LogP contribution in [0.3, 0.4) is 0 Å². The number of hydrogen-bond acceptors (Lipinski definition) is 2. The minimum atomic E-state index is -0.314. The van der Waals surface area contributed by atoms with Crippen LogP contribution in [0.5, 0.6) is 0 Å². The van der Waals surface area contributed by atoms with Crippen LogP contribution in [0.25, 0.3) is 16.9 Å². The molecular formula is C16H15F2N3. The van der Waals surface area contributed by atoms with E-state index in [-0.39, 0.29) is 11.6 Å². The van der Waals surface area contributed by atoms with Crippen LogP contribution in [0, 0.1) is 11.6 Å². The van der Waals surface area contributed by atoms with Crippen molar-refractivity contribution in [2.24, 2.45) is 0 Å². The molecule has 0 spiro atoms. The summed E-state index contributed by atoms with van der Waals surface area (Å²) in [5.41, 5.74) is 3.11. The van der Waals surface area contributed by atoms with Crippen LogP contribution in [0.4, 0.5) is 8.78 Å². The zero-order chi connectivity index (χ0) is 15.0. The maximum absolute atomic E-state index is 13.5. The number of pyridine rings is 1. The van der Waals surface area contributed by atoms with Crippen molar-refractivity contribution in [1.29, 1.82) is 0 Å². The van der Waals surface area contributed by atoms with Gasteiger partial charge in [-0.15, -0.1) is 0 Å². The van der Waals surface area contributed by atoms with Crippen LogP contribution < -0.4 is 0 Å². The Labute approximate surface area is 121 Å². The maximum Gasteiger partial charge on any atom is 0.139 e. The standard InChI is InChI=1S/C16H15F2N3/c1-20(2)10-14-16(11-3-5-12(17)6-4-11)19-15-8-7-13(18)9-21(14)15/h3-9H,10H2,1-2H3.